The first-order valence-electron chi connectivity index (χ1n) is 8.70. The zero-order valence-electron chi connectivity index (χ0n) is 15.4. The molecular weight excluding hydrogens is 405 g/mol. The molecule has 3 rings (SSSR count). The number of halogens is 3. The van der Waals surface area contributed by atoms with E-state index in [-0.39, 0.29) is 18.2 Å². The zero-order chi connectivity index (χ0) is 20.9. The molecule has 0 aliphatic rings. The van der Waals surface area contributed by atoms with E-state index in [9.17, 15) is 18.0 Å². The van der Waals surface area contributed by atoms with Gasteiger partial charge in [0.15, 0.2) is 0 Å². The summed E-state index contributed by atoms with van der Waals surface area (Å²) in [7, 11) is 0. The highest BCUT2D eigenvalue weighted by Crippen LogP contribution is 2.30. The molecule has 2 heterocycles. The minimum Gasteiger partial charge on any atom is -0.351 e. The van der Waals surface area contributed by atoms with E-state index in [1.54, 1.807) is 18.3 Å². The molecule has 0 atom stereocenters. The number of nitrogens with one attached hydrogen (secondary N) is 1. The highest BCUT2D eigenvalue weighted by molar-refractivity contribution is 8.00. The van der Waals surface area contributed by atoms with Crippen molar-refractivity contribution in [3.63, 3.8) is 0 Å². The molecule has 0 saturated heterocycles. The summed E-state index contributed by atoms with van der Waals surface area (Å²) in [5.74, 6) is 0.605. The second kappa shape index (κ2) is 9.08. The molecule has 0 spiro atoms. The molecule has 0 unspecified atom stereocenters. The Hall–Kier alpha value is -2.88. The Morgan fingerprint density at radius 2 is 2.07 bits per heavy atom. The molecule has 6 nitrogen and oxygen atoms in total. The van der Waals surface area contributed by atoms with Crippen LogP contribution >= 0.6 is 11.8 Å². The highest BCUT2D eigenvalue weighted by Gasteiger charge is 2.30. The molecule has 3 aromatic rings. The molecule has 0 radical (unpaired) electrons. The molecule has 152 valence electrons. The van der Waals surface area contributed by atoms with Gasteiger partial charge in [-0.05, 0) is 29.8 Å². The third-order valence-electron chi connectivity index (χ3n) is 3.87. The predicted molar refractivity (Wildman–Crippen MR) is 101 cm³/mol. The van der Waals surface area contributed by atoms with E-state index >= 15 is 0 Å². The van der Waals surface area contributed by atoms with Gasteiger partial charge in [0.2, 0.25) is 17.6 Å². The largest absolute Gasteiger partial charge is 0.416 e. The van der Waals surface area contributed by atoms with E-state index in [1.807, 2.05) is 6.92 Å². The number of nitrogens with zero attached hydrogens (tertiary/aromatic N) is 3. The Kier molecular flexibility index (Phi) is 6.53. The maximum absolute atomic E-state index is 12.8. The average molecular weight is 422 g/mol. The molecule has 0 aliphatic carbocycles. The zero-order valence-corrected chi connectivity index (χ0v) is 16.2. The van der Waals surface area contributed by atoms with E-state index < -0.39 is 11.7 Å². The molecule has 29 heavy (non-hydrogen) atoms. The normalized spacial score (nSPS) is 11.4. The summed E-state index contributed by atoms with van der Waals surface area (Å²) in [4.78, 5) is 20.7. The molecule has 0 fully saturated rings. The quantitative estimate of drug-likeness (QED) is 0.577. The van der Waals surface area contributed by atoms with E-state index in [1.165, 1.54) is 23.9 Å². The monoisotopic (exact) mass is 422 g/mol. The summed E-state index contributed by atoms with van der Waals surface area (Å²) in [5, 5.41) is 7.09. The third-order valence-corrected chi connectivity index (χ3v) is 4.87. The number of hydrogen-bond donors (Lipinski definition) is 1. The van der Waals surface area contributed by atoms with Crippen molar-refractivity contribution in [3.05, 3.63) is 59.6 Å². The second-order valence-electron chi connectivity index (χ2n) is 5.98. The van der Waals surface area contributed by atoms with Crippen LogP contribution in [-0.2, 0) is 23.9 Å². The van der Waals surface area contributed by atoms with Gasteiger partial charge in [0, 0.05) is 19.2 Å². The third kappa shape index (κ3) is 5.57. The van der Waals surface area contributed by atoms with Crippen molar-refractivity contribution in [2.75, 3.05) is 5.75 Å². The summed E-state index contributed by atoms with van der Waals surface area (Å²) < 4.78 is 43.4. The van der Waals surface area contributed by atoms with Crippen molar-refractivity contribution in [2.24, 2.45) is 0 Å². The Bertz CT molecular complexity index is 991. The number of aromatic nitrogens is 3. The van der Waals surface area contributed by atoms with E-state index in [0.29, 0.717) is 34.3 Å². The first-order chi connectivity index (χ1) is 13.9. The van der Waals surface area contributed by atoms with Crippen LogP contribution < -0.4 is 5.32 Å². The van der Waals surface area contributed by atoms with Crippen LogP contribution in [0, 0.1) is 0 Å². The fourth-order valence-corrected chi connectivity index (χ4v) is 3.25. The molecule has 2 aromatic heterocycles. The van der Waals surface area contributed by atoms with Crippen LogP contribution in [0.25, 0.3) is 11.4 Å². The standard InChI is InChI=1S/C19H17F3N4O2S/c1-2-16-25-17(26-28-16)14-7-4-8-23-18(14)29-11-15(27)24-10-12-5-3-6-13(9-12)19(20,21)22/h3-9H,2,10-11H2,1H3,(H,24,27). The number of amides is 1. The molecule has 0 aliphatic heterocycles. The average Bonchev–Trinajstić information content (AvgIpc) is 3.19. The number of benzene rings is 1. The maximum atomic E-state index is 12.8. The van der Waals surface area contributed by atoms with Gasteiger partial charge in [0.05, 0.1) is 16.9 Å². The molecule has 1 aromatic carbocycles. The number of aryl methyl sites for hydroxylation is 1. The van der Waals surface area contributed by atoms with Crippen LogP contribution in [0.2, 0.25) is 0 Å². The number of hydrogen-bond acceptors (Lipinski definition) is 6. The van der Waals surface area contributed by atoms with Gasteiger partial charge in [-0.3, -0.25) is 4.79 Å². The Balaban J connectivity index is 1.59. The van der Waals surface area contributed by atoms with Crippen molar-refractivity contribution in [1.29, 1.82) is 0 Å². The number of thioether (sulfide) groups is 1. The van der Waals surface area contributed by atoms with Crippen LogP contribution in [0.5, 0.6) is 0 Å². The van der Waals surface area contributed by atoms with Crippen molar-refractivity contribution in [1.82, 2.24) is 20.4 Å². The lowest BCUT2D eigenvalue weighted by molar-refractivity contribution is -0.137. The summed E-state index contributed by atoms with van der Waals surface area (Å²) in [6, 6.07) is 8.36. The molecular formula is C19H17F3N4O2S. The van der Waals surface area contributed by atoms with Crippen LogP contribution in [0.1, 0.15) is 23.9 Å². The SMILES string of the molecule is CCc1nc(-c2cccnc2SCC(=O)NCc2cccc(C(F)(F)F)c2)no1. The number of rotatable bonds is 7. The van der Waals surface area contributed by atoms with Crippen LogP contribution in [0.3, 0.4) is 0 Å². The number of pyridine rings is 1. The van der Waals surface area contributed by atoms with E-state index in [0.717, 1.165) is 12.1 Å². The van der Waals surface area contributed by atoms with Gasteiger partial charge in [0.1, 0.15) is 5.03 Å². The summed E-state index contributed by atoms with van der Waals surface area (Å²) >= 11 is 1.18. The van der Waals surface area contributed by atoms with Crippen molar-refractivity contribution < 1.29 is 22.5 Å². The predicted octanol–water partition coefficient (Wildman–Crippen LogP) is 4.12. The van der Waals surface area contributed by atoms with Crippen molar-refractivity contribution in [2.45, 2.75) is 31.1 Å². The van der Waals surface area contributed by atoms with Crippen molar-refractivity contribution >= 4 is 17.7 Å². The summed E-state index contributed by atoms with van der Waals surface area (Å²) in [6.45, 7) is 1.90. The molecule has 0 bridgehead atoms. The minimum atomic E-state index is -4.42. The van der Waals surface area contributed by atoms with Crippen molar-refractivity contribution in [3.8, 4) is 11.4 Å². The van der Waals surface area contributed by atoms with Gasteiger partial charge in [-0.2, -0.15) is 18.2 Å². The van der Waals surface area contributed by atoms with Gasteiger partial charge < -0.3 is 9.84 Å². The lowest BCUT2D eigenvalue weighted by atomic mass is 10.1. The lowest BCUT2D eigenvalue weighted by Crippen LogP contribution is -2.24. The first kappa shape index (κ1) is 20.8. The topological polar surface area (TPSA) is 80.9 Å². The Morgan fingerprint density at radius 1 is 1.24 bits per heavy atom. The van der Waals surface area contributed by atoms with Gasteiger partial charge in [-0.25, -0.2) is 4.98 Å². The molecule has 0 saturated carbocycles. The van der Waals surface area contributed by atoms with Gasteiger partial charge >= 0.3 is 6.18 Å². The van der Waals surface area contributed by atoms with Crippen LogP contribution in [0.15, 0.2) is 52.1 Å². The van der Waals surface area contributed by atoms with Crippen LogP contribution in [0.4, 0.5) is 13.2 Å². The number of alkyl halides is 3. The first-order valence-corrected chi connectivity index (χ1v) is 9.69. The Morgan fingerprint density at radius 3 is 2.79 bits per heavy atom. The minimum absolute atomic E-state index is 0.00307. The number of carbonyl (C=O) groups is 1. The second-order valence-corrected chi connectivity index (χ2v) is 6.95. The van der Waals surface area contributed by atoms with E-state index in [2.05, 4.69) is 20.4 Å². The number of carbonyl (C=O) groups excluding carboxylic acids is 1. The van der Waals surface area contributed by atoms with Gasteiger partial charge in [-0.1, -0.05) is 36.0 Å². The lowest BCUT2D eigenvalue weighted by Gasteiger charge is -2.10. The highest BCUT2D eigenvalue weighted by atomic mass is 32.2. The van der Waals surface area contributed by atoms with E-state index in [4.69, 9.17) is 4.52 Å². The smallest absolute Gasteiger partial charge is 0.351 e. The Labute approximate surface area is 168 Å². The van der Waals surface area contributed by atoms with Gasteiger partial charge in [-0.15, -0.1) is 0 Å². The summed E-state index contributed by atoms with van der Waals surface area (Å²) in [6.07, 6.45) is -2.22. The molecule has 1 N–H and O–H groups in total. The molecule has 10 heteroatoms. The van der Waals surface area contributed by atoms with Crippen LogP contribution in [-0.4, -0.2) is 26.8 Å². The summed E-state index contributed by atoms with van der Waals surface area (Å²) in [5.41, 5.74) is 0.269. The fourth-order valence-electron chi connectivity index (χ4n) is 2.43. The molecule has 1 amide bonds. The fraction of sp³-hybridized carbons (Fsp3) is 0.263. The maximum Gasteiger partial charge on any atom is 0.416 e. The van der Waals surface area contributed by atoms with Gasteiger partial charge in [0.25, 0.3) is 0 Å².